The van der Waals surface area contributed by atoms with Gasteiger partial charge in [0.05, 0.1) is 91.5 Å². The Balaban J connectivity index is 0.716. The predicted octanol–water partition coefficient (Wildman–Crippen LogP) is 5.58. The molecule has 0 radical (unpaired) electrons. The van der Waals surface area contributed by atoms with Gasteiger partial charge in [-0.15, -0.1) is 11.3 Å². The van der Waals surface area contributed by atoms with Crippen molar-refractivity contribution in [3.05, 3.63) is 94.8 Å². The summed E-state index contributed by atoms with van der Waals surface area (Å²) in [7, 11) is 2.03. The maximum atomic E-state index is 14.2. The van der Waals surface area contributed by atoms with Gasteiger partial charge < -0.3 is 59.4 Å². The number of aromatic nitrogens is 3. The molecule has 2 unspecified atom stereocenters. The number of anilines is 2. The Morgan fingerprint density at radius 2 is 1.64 bits per heavy atom. The van der Waals surface area contributed by atoms with Crippen LogP contribution in [0.2, 0.25) is 0 Å². The van der Waals surface area contributed by atoms with Crippen LogP contribution in [-0.4, -0.2) is 186 Å². The number of likely N-dealkylation sites (N-methyl/N-ethyl adjacent to an activating group) is 1. The third kappa shape index (κ3) is 14.2. The highest BCUT2D eigenvalue weighted by Gasteiger charge is 2.45. The van der Waals surface area contributed by atoms with E-state index in [0.717, 1.165) is 61.8 Å². The number of amides is 4. The maximum absolute atomic E-state index is 14.2. The van der Waals surface area contributed by atoms with Gasteiger partial charge in [0.25, 0.3) is 0 Å². The largest absolute Gasteiger partial charge is 0.465 e. The van der Waals surface area contributed by atoms with Crippen LogP contribution < -0.4 is 25.2 Å². The van der Waals surface area contributed by atoms with Crippen LogP contribution in [0.3, 0.4) is 0 Å². The topological polar surface area (TPSA) is 248 Å². The maximum Gasteiger partial charge on any atom is 0.407 e. The Hall–Kier alpha value is -7.00. The number of likely N-dealkylation sites (tertiary alicyclic amines) is 2. The first-order valence-corrected chi connectivity index (χ1v) is 28.8. The monoisotopic (exact) mass is 1130 g/mol. The lowest BCUT2D eigenvalue weighted by atomic mass is 9.85. The molecular formula is C59H75N11O10S. The number of carboxylic acid groups (broad SMARTS) is 1. The number of aryl methyl sites for hydroxylation is 1. The highest BCUT2D eigenvalue weighted by atomic mass is 32.1. The van der Waals surface area contributed by atoms with Gasteiger partial charge in [-0.05, 0) is 61.7 Å². The lowest BCUT2D eigenvalue weighted by Crippen LogP contribution is -2.58. The van der Waals surface area contributed by atoms with Crippen LogP contribution in [0.25, 0.3) is 21.2 Å². The van der Waals surface area contributed by atoms with E-state index in [1.165, 1.54) is 9.80 Å². The minimum absolute atomic E-state index is 0.0175. The minimum Gasteiger partial charge on any atom is -0.465 e. The van der Waals surface area contributed by atoms with E-state index in [1.807, 2.05) is 83.6 Å². The number of thiazole rings is 1. The van der Waals surface area contributed by atoms with Gasteiger partial charge in [-0.25, -0.2) is 9.78 Å². The summed E-state index contributed by atoms with van der Waals surface area (Å²) < 4.78 is 24.1. The van der Waals surface area contributed by atoms with E-state index in [0.29, 0.717) is 58.8 Å². The number of carbonyl (C=O) groups excluding carboxylic acids is 3. The van der Waals surface area contributed by atoms with E-state index < -0.39 is 47.6 Å². The average Bonchev–Trinajstić information content (AvgIpc) is 4.32. The van der Waals surface area contributed by atoms with E-state index in [9.17, 15) is 34.7 Å². The van der Waals surface area contributed by atoms with Gasteiger partial charge in [0.1, 0.15) is 31.1 Å². The Bertz CT molecular complexity index is 3050. The van der Waals surface area contributed by atoms with Crippen molar-refractivity contribution in [3.63, 3.8) is 0 Å². The number of hydrogen-bond donors (Lipinski definition) is 4. The van der Waals surface area contributed by atoms with E-state index in [1.54, 1.807) is 11.3 Å². The number of piperazine rings is 1. The summed E-state index contributed by atoms with van der Waals surface area (Å²) in [6.45, 7) is 13.3. The molecule has 81 heavy (non-hydrogen) atoms. The van der Waals surface area contributed by atoms with Crippen LogP contribution in [0.4, 0.5) is 16.3 Å². The molecule has 6 heterocycles. The molecule has 21 nitrogen and oxygen atoms in total. The summed E-state index contributed by atoms with van der Waals surface area (Å²) in [6.07, 6.45) is -0.459. The first kappa shape index (κ1) is 58.6. The van der Waals surface area contributed by atoms with E-state index in [4.69, 9.17) is 28.9 Å². The first-order valence-electron chi connectivity index (χ1n) is 27.9. The number of fused-ring (bicyclic) bond motifs is 2. The zero-order chi connectivity index (χ0) is 57.4. The highest BCUT2D eigenvalue weighted by Crippen LogP contribution is 2.36. The Morgan fingerprint density at radius 1 is 0.877 bits per heavy atom. The molecule has 432 valence electrons. The smallest absolute Gasteiger partial charge is 0.407 e. The molecule has 7 atom stereocenters. The Kier molecular flexibility index (Phi) is 19.0. The fraction of sp³-hybridized carbons (Fsp3) is 0.525. The molecule has 4 aliphatic heterocycles. The van der Waals surface area contributed by atoms with Crippen LogP contribution in [0, 0.1) is 23.7 Å². The van der Waals surface area contributed by atoms with Gasteiger partial charge in [-0.2, -0.15) is 15.2 Å². The number of carbonyl (C=O) groups is 4. The predicted molar refractivity (Wildman–Crippen MR) is 306 cm³/mol. The molecule has 2 aromatic heterocycles. The van der Waals surface area contributed by atoms with Crippen molar-refractivity contribution in [1.82, 2.24) is 40.3 Å². The van der Waals surface area contributed by atoms with Crippen molar-refractivity contribution < 1.29 is 48.3 Å². The second-order valence-corrected chi connectivity index (χ2v) is 23.4. The molecule has 5 aromatic rings. The number of rotatable bonds is 21. The lowest BCUT2D eigenvalue weighted by Gasteiger charge is -2.41. The third-order valence-corrected chi connectivity index (χ3v) is 16.8. The van der Waals surface area contributed by atoms with Gasteiger partial charge in [0.15, 0.2) is 0 Å². The zero-order valence-electron chi connectivity index (χ0n) is 47.1. The number of nitrogens with zero attached hydrogens (tertiary/aromatic N) is 9. The van der Waals surface area contributed by atoms with Crippen LogP contribution in [0.5, 0.6) is 6.01 Å². The second-order valence-electron chi connectivity index (χ2n) is 22.5. The Morgan fingerprint density at radius 3 is 2.40 bits per heavy atom. The molecule has 4 N–H and O–H groups in total. The molecule has 0 saturated carbocycles. The van der Waals surface area contributed by atoms with Gasteiger partial charge in [-0.3, -0.25) is 19.3 Å². The van der Waals surface area contributed by atoms with Crippen LogP contribution in [0.1, 0.15) is 75.5 Å². The first-order chi connectivity index (χ1) is 38.9. The van der Waals surface area contributed by atoms with Crippen LogP contribution in [-0.2, 0) is 41.6 Å². The SMILES string of the molecule is Cc1ncsc1-c1ccc([C@H](C)NC(=O)[C@@H]2C[C@@H](O)CN2C(=O)C(NC(=O)COCCOCCO[C@@H]2C[C@@H](COc3nc4c(c(N5CCN(C(=O)O)C(CC#N)C5)n3)CCN(c3cccc5ccccc35)C4)N(C)C2)C(C)(C)C)cc1. The molecular weight excluding hydrogens is 1050 g/mol. The van der Waals surface area contributed by atoms with Crippen molar-refractivity contribution in [1.29, 1.82) is 5.26 Å². The third-order valence-electron chi connectivity index (χ3n) is 15.8. The number of nitriles is 1. The van der Waals surface area contributed by atoms with Crippen molar-refractivity contribution in [2.24, 2.45) is 5.41 Å². The zero-order valence-corrected chi connectivity index (χ0v) is 47.9. The summed E-state index contributed by atoms with van der Waals surface area (Å²) in [5.74, 6) is -0.612. The average molecular weight is 1130 g/mol. The van der Waals surface area contributed by atoms with E-state index in [-0.39, 0.29) is 75.9 Å². The summed E-state index contributed by atoms with van der Waals surface area (Å²) in [6, 6.07) is 22.2. The Labute approximate surface area is 477 Å². The molecule has 3 saturated heterocycles. The molecule has 0 aliphatic carbocycles. The van der Waals surface area contributed by atoms with Gasteiger partial charge >= 0.3 is 12.1 Å². The molecule has 3 aromatic carbocycles. The summed E-state index contributed by atoms with van der Waals surface area (Å²) in [4.78, 5) is 78.0. The van der Waals surface area contributed by atoms with Crippen molar-refractivity contribution in [2.45, 2.75) is 109 Å². The number of ether oxygens (including phenoxy) is 4. The summed E-state index contributed by atoms with van der Waals surface area (Å²) >= 11 is 1.57. The fourth-order valence-electron chi connectivity index (χ4n) is 11.4. The summed E-state index contributed by atoms with van der Waals surface area (Å²) in [5.41, 5.74) is 6.95. The van der Waals surface area contributed by atoms with Crippen molar-refractivity contribution in [2.75, 3.05) is 95.8 Å². The standard InChI is InChI=1S/C59H75N11O10S/c1-37(39-14-16-41(17-15-39)52-38(2)61-36-81-52)62-55(73)50-29-44(71)31-70(50)56(74)53(59(3,4)5)64-51(72)35-78-25-24-77-26-27-79-45-28-43(66(6)32-45)34-80-57-63-48-33-67(49-13-9-11-40-10-7-8-12-46(40)49)21-19-47(48)54(65-57)68-22-23-69(58(75)76)42(30-68)18-20-60/h7-17,36-37,42-45,50,53,71H,18-19,21-35H2,1-6H3,(H,62,73)(H,64,72)(H,75,76)/t37-,42?,43-,44+,45+,50-,53?/m0/s1. The number of aliphatic hydroxyl groups excluding tert-OH is 1. The van der Waals surface area contributed by atoms with Gasteiger partial charge in [0, 0.05) is 68.4 Å². The lowest BCUT2D eigenvalue weighted by molar-refractivity contribution is -0.144. The van der Waals surface area contributed by atoms with Crippen LogP contribution >= 0.6 is 11.3 Å². The molecule has 9 rings (SSSR count). The minimum atomic E-state index is -1.04. The fourth-order valence-corrected chi connectivity index (χ4v) is 12.2. The summed E-state index contributed by atoms with van der Waals surface area (Å²) in [5, 5.41) is 38.4. The highest BCUT2D eigenvalue weighted by molar-refractivity contribution is 7.13. The number of nitrogens with one attached hydrogen (secondary N) is 2. The second kappa shape index (κ2) is 26.3. The van der Waals surface area contributed by atoms with E-state index >= 15 is 0 Å². The van der Waals surface area contributed by atoms with Crippen molar-refractivity contribution >= 4 is 57.4 Å². The number of aliphatic hydroxyl groups is 1. The van der Waals surface area contributed by atoms with Crippen LogP contribution in [0.15, 0.2) is 72.2 Å². The molecule has 3 fully saturated rings. The molecule has 0 spiro atoms. The molecule has 4 amide bonds. The molecule has 22 heteroatoms. The quantitative estimate of drug-likeness (QED) is 0.0655. The number of β-amino-alcohol motifs (C(OH)–C–C–N with tert-alkyl or cyclic N) is 1. The van der Waals surface area contributed by atoms with Gasteiger partial charge in [0.2, 0.25) is 17.7 Å². The molecule has 0 bridgehead atoms. The molecule has 4 aliphatic rings. The van der Waals surface area contributed by atoms with E-state index in [2.05, 4.69) is 66.7 Å². The van der Waals surface area contributed by atoms with Crippen molar-refractivity contribution in [3.8, 4) is 22.5 Å². The number of hydrogen-bond acceptors (Lipinski definition) is 17. The number of benzene rings is 3. The normalized spacial score (nSPS) is 21.1. The van der Waals surface area contributed by atoms with Gasteiger partial charge in [-0.1, -0.05) is 81.4 Å².